The van der Waals surface area contributed by atoms with Crippen LogP contribution in [0.25, 0.3) is 11.3 Å². The molecule has 2 heteroatoms. The van der Waals surface area contributed by atoms with Crippen molar-refractivity contribution in [3.63, 3.8) is 0 Å². The monoisotopic (exact) mass is 199 g/mol. The molecule has 0 spiro atoms. The van der Waals surface area contributed by atoms with E-state index >= 15 is 0 Å². The number of fused-ring (bicyclic) bond motifs is 3. The largest absolute Gasteiger partial charge is 0.390 e. The molecular formula is C13H13NO. The van der Waals surface area contributed by atoms with Crippen LogP contribution >= 0.6 is 0 Å². The molecule has 2 nitrogen and oxygen atoms in total. The Hall–Kier alpha value is -1.54. The van der Waals surface area contributed by atoms with Crippen molar-refractivity contribution in [2.24, 2.45) is 0 Å². The summed E-state index contributed by atoms with van der Waals surface area (Å²) in [5.41, 5.74) is 6.13. The maximum atomic E-state index is 9.10. The molecule has 0 saturated carbocycles. The van der Waals surface area contributed by atoms with Gasteiger partial charge in [0.2, 0.25) is 0 Å². The van der Waals surface area contributed by atoms with E-state index in [0.717, 1.165) is 18.5 Å². The molecule has 2 aromatic rings. The first-order chi connectivity index (χ1) is 7.38. The number of aryl methyl sites for hydroxylation is 2. The van der Waals surface area contributed by atoms with Gasteiger partial charge in [-0.3, -0.25) is 0 Å². The lowest BCUT2D eigenvalue weighted by molar-refractivity contribution is 0.277. The van der Waals surface area contributed by atoms with Gasteiger partial charge in [0.1, 0.15) is 0 Å². The summed E-state index contributed by atoms with van der Waals surface area (Å²) in [6, 6.07) is 10.5. The summed E-state index contributed by atoms with van der Waals surface area (Å²) in [4.78, 5) is 3.29. The molecule has 0 amide bonds. The highest BCUT2D eigenvalue weighted by Crippen LogP contribution is 2.32. The Balaban J connectivity index is 2.20. The first-order valence-corrected chi connectivity index (χ1v) is 5.28. The quantitative estimate of drug-likeness (QED) is 0.726. The fourth-order valence-corrected chi connectivity index (χ4v) is 2.33. The van der Waals surface area contributed by atoms with Crippen molar-refractivity contribution in [1.82, 2.24) is 4.98 Å². The first kappa shape index (κ1) is 8.74. The van der Waals surface area contributed by atoms with Gasteiger partial charge in [-0.05, 0) is 30.0 Å². The molecule has 1 aliphatic rings. The molecule has 0 radical (unpaired) electrons. The van der Waals surface area contributed by atoms with Crippen molar-refractivity contribution in [3.8, 4) is 11.3 Å². The van der Waals surface area contributed by atoms with E-state index in [1.807, 2.05) is 0 Å². The number of nitrogens with one attached hydrogen (secondary N) is 1. The fraction of sp³-hybridized carbons (Fsp3) is 0.231. The van der Waals surface area contributed by atoms with E-state index in [1.165, 1.54) is 22.4 Å². The van der Waals surface area contributed by atoms with Crippen LogP contribution < -0.4 is 0 Å². The molecule has 0 bridgehead atoms. The van der Waals surface area contributed by atoms with Gasteiger partial charge in [-0.15, -0.1) is 0 Å². The van der Waals surface area contributed by atoms with E-state index in [9.17, 15) is 0 Å². The molecule has 0 fully saturated rings. The van der Waals surface area contributed by atoms with Crippen LogP contribution in [0, 0.1) is 0 Å². The Morgan fingerprint density at radius 1 is 1.13 bits per heavy atom. The van der Waals surface area contributed by atoms with E-state index in [2.05, 4.69) is 35.3 Å². The van der Waals surface area contributed by atoms with Crippen LogP contribution in [-0.2, 0) is 19.4 Å². The van der Waals surface area contributed by atoms with Crippen molar-refractivity contribution in [2.75, 3.05) is 0 Å². The summed E-state index contributed by atoms with van der Waals surface area (Å²) >= 11 is 0. The van der Waals surface area contributed by atoms with E-state index in [1.54, 1.807) is 0 Å². The number of rotatable bonds is 1. The molecule has 76 valence electrons. The lowest BCUT2D eigenvalue weighted by atomic mass is 9.90. The zero-order chi connectivity index (χ0) is 10.3. The minimum atomic E-state index is 0.0924. The third kappa shape index (κ3) is 1.29. The van der Waals surface area contributed by atoms with Crippen LogP contribution in [0.2, 0.25) is 0 Å². The number of hydrogen-bond acceptors (Lipinski definition) is 1. The average Bonchev–Trinajstić information content (AvgIpc) is 2.72. The van der Waals surface area contributed by atoms with Crippen LogP contribution in [0.1, 0.15) is 16.8 Å². The molecule has 1 aromatic carbocycles. The number of aromatic amines is 1. The van der Waals surface area contributed by atoms with Gasteiger partial charge in [0, 0.05) is 17.0 Å². The number of aliphatic hydroxyl groups is 1. The minimum absolute atomic E-state index is 0.0924. The highest BCUT2D eigenvalue weighted by Gasteiger charge is 2.17. The third-order valence-electron chi connectivity index (χ3n) is 3.08. The second-order valence-corrected chi connectivity index (χ2v) is 4.01. The maximum absolute atomic E-state index is 9.10. The van der Waals surface area contributed by atoms with Gasteiger partial charge in [-0.1, -0.05) is 24.3 Å². The smallest absolute Gasteiger partial charge is 0.0831 e. The summed E-state index contributed by atoms with van der Waals surface area (Å²) in [5.74, 6) is 0. The number of hydrogen-bond donors (Lipinski definition) is 2. The molecule has 15 heavy (non-hydrogen) atoms. The van der Waals surface area contributed by atoms with Crippen LogP contribution in [0.4, 0.5) is 0 Å². The average molecular weight is 199 g/mol. The second-order valence-electron chi connectivity index (χ2n) is 4.01. The summed E-state index contributed by atoms with van der Waals surface area (Å²) in [5, 5.41) is 9.10. The predicted molar refractivity (Wildman–Crippen MR) is 59.6 cm³/mol. The molecule has 2 N–H and O–H groups in total. The highest BCUT2D eigenvalue weighted by atomic mass is 16.3. The predicted octanol–water partition coefficient (Wildman–Crippen LogP) is 2.27. The fourth-order valence-electron chi connectivity index (χ4n) is 2.33. The molecule has 0 unspecified atom stereocenters. The topological polar surface area (TPSA) is 36.0 Å². The Bertz CT molecular complexity index is 499. The van der Waals surface area contributed by atoms with E-state index in [-0.39, 0.29) is 6.61 Å². The molecule has 3 rings (SSSR count). The molecule has 1 aliphatic carbocycles. The summed E-state index contributed by atoms with van der Waals surface area (Å²) in [6.45, 7) is 0.0924. The second kappa shape index (κ2) is 3.24. The highest BCUT2D eigenvalue weighted by molar-refractivity contribution is 5.70. The minimum Gasteiger partial charge on any atom is -0.390 e. The normalized spacial score (nSPS) is 13.4. The van der Waals surface area contributed by atoms with Crippen LogP contribution in [0.5, 0.6) is 0 Å². The van der Waals surface area contributed by atoms with Gasteiger partial charge in [0.05, 0.1) is 6.61 Å². The van der Waals surface area contributed by atoms with Crippen LogP contribution in [0.15, 0.2) is 30.3 Å². The molecule has 0 atom stereocenters. The number of aromatic nitrogens is 1. The van der Waals surface area contributed by atoms with Crippen LogP contribution in [0.3, 0.4) is 0 Å². The molecule has 0 saturated heterocycles. The van der Waals surface area contributed by atoms with Crippen molar-refractivity contribution in [1.29, 1.82) is 0 Å². The summed E-state index contributed by atoms with van der Waals surface area (Å²) < 4.78 is 0. The van der Waals surface area contributed by atoms with Gasteiger partial charge >= 0.3 is 0 Å². The van der Waals surface area contributed by atoms with Crippen molar-refractivity contribution >= 4 is 0 Å². The zero-order valence-corrected chi connectivity index (χ0v) is 8.46. The Labute approximate surface area is 88.6 Å². The maximum Gasteiger partial charge on any atom is 0.0831 e. The van der Waals surface area contributed by atoms with Crippen molar-refractivity contribution in [2.45, 2.75) is 19.4 Å². The standard InChI is InChI=1S/C13H13NO/c15-8-11-7-10-6-5-9-3-1-2-4-12(9)13(10)14-11/h1-4,7,14-15H,5-6,8H2. The number of H-pyrrole nitrogens is 1. The van der Waals surface area contributed by atoms with Gasteiger partial charge in [-0.2, -0.15) is 0 Å². The lowest BCUT2D eigenvalue weighted by Gasteiger charge is -2.15. The van der Waals surface area contributed by atoms with Crippen molar-refractivity contribution in [3.05, 3.63) is 47.2 Å². The molecular weight excluding hydrogens is 186 g/mol. The van der Waals surface area contributed by atoms with Crippen LogP contribution in [-0.4, -0.2) is 10.1 Å². The number of aliphatic hydroxyl groups excluding tert-OH is 1. The molecule has 1 aromatic heterocycles. The Morgan fingerprint density at radius 2 is 1.93 bits per heavy atom. The number of benzene rings is 1. The Morgan fingerprint density at radius 3 is 2.80 bits per heavy atom. The summed E-state index contributed by atoms with van der Waals surface area (Å²) in [7, 11) is 0. The van der Waals surface area contributed by atoms with E-state index in [0.29, 0.717) is 0 Å². The van der Waals surface area contributed by atoms with Gasteiger partial charge < -0.3 is 10.1 Å². The summed E-state index contributed by atoms with van der Waals surface area (Å²) in [6.07, 6.45) is 2.18. The Kier molecular flexibility index (Phi) is 1.89. The van der Waals surface area contributed by atoms with Gasteiger partial charge in [0.25, 0.3) is 0 Å². The third-order valence-corrected chi connectivity index (χ3v) is 3.08. The molecule has 0 aliphatic heterocycles. The van der Waals surface area contributed by atoms with Crippen molar-refractivity contribution < 1.29 is 5.11 Å². The SMILES string of the molecule is OCc1cc2c([nH]1)-c1ccccc1CC2. The van der Waals surface area contributed by atoms with Gasteiger partial charge in [0.15, 0.2) is 0 Å². The first-order valence-electron chi connectivity index (χ1n) is 5.28. The van der Waals surface area contributed by atoms with E-state index in [4.69, 9.17) is 5.11 Å². The lowest BCUT2D eigenvalue weighted by Crippen LogP contribution is -2.01. The zero-order valence-electron chi connectivity index (χ0n) is 8.46. The van der Waals surface area contributed by atoms with Gasteiger partial charge in [-0.25, -0.2) is 0 Å². The van der Waals surface area contributed by atoms with E-state index < -0.39 is 0 Å². The molecule has 1 heterocycles.